The molecule has 2 amide bonds. The number of amides is 2. The van der Waals surface area contributed by atoms with Gasteiger partial charge in [0.25, 0.3) is 11.8 Å². The highest BCUT2D eigenvalue weighted by atomic mass is 35.5. The number of ether oxygens (including phenoxy) is 4. The molecular weight excluding hydrogens is 674 g/mol. The number of aromatic nitrogens is 2. The number of hydrogen-bond acceptors (Lipinski definition) is 8. The zero-order chi connectivity index (χ0) is 35.4. The zero-order valence-electron chi connectivity index (χ0n) is 28.8. The molecule has 3 aromatic carbocycles. The predicted octanol–water partition coefficient (Wildman–Crippen LogP) is 6.04. The maximum atomic E-state index is 14.1. The standard InChI is InChI=1S/C38H40ClN5O7/c1-48-31-15-22-14-26(40-33(22)36(50-3)35(31)49-2)38(47)44-20-23(19-39)32-25-17-27(41-34(25)30(45)18-29(32)44)37(46)43-11-8-21-6-7-24(16-28(21)43)51-13-12-42-9-4-5-10-42/h6-7,14-18,23,40-41,45H,4-5,8-13,19-20H2,1-3H3/t23-/m1/s1. The van der Waals surface area contributed by atoms with Crippen molar-refractivity contribution in [3.63, 3.8) is 0 Å². The Morgan fingerprint density at radius 2 is 1.61 bits per heavy atom. The number of carbonyl (C=O) groups excluding carboxylic acids is 2. The second-order valence-corrected chi connectivity index (χ2v) is 13.6. The first-order valence-electron chi connectivity index (χ1n) is 17.2. The number of phenols is 1. The first-order chi connectivity index (χ1) is 24.8. The van der Waals surface area contributed by atoms with Crippen LogP contribution in [0.5, 0.6) is 28.7 Å². The molecule has 1 saturated heterocycles. The van der Waals surface area contributed by atoms with Crippen LogP contribution in [-0.4, -0.2) is 98.3 Å². The lowest BCUT2D eigenvalue weighted by atomic mass is 9.98. The van der Waals surface area contributed by atoms with Gasteiger partial charge >= 0.3 is 0 Å². The lowest BCUT2D eigenvalue weighted by Gasteiger charge is -2.18. The number of rotatable bonds is 10. The van der Waals surface area contributed by atoms with Crippen molar-refractivity contribution >= 4 is 56.6 Å². The average molecular weight is 714 g/mol. The van der Waals surface area contributed by atoms with Crippen LogP contribution in [0, 0.1) is 0 Å². The van der Waals surface area contributed by atoms with Gasteiger partial charge in [0.1, 0.15) is 29.5 Å². The fourth-order valence-electron chi connectivity index (χ4n) is 7.89. The molecule has 12 nitrogen and oxygen atoms in total. The molecule has 0 unspecified atom stereocenters. The number of aromatic hydroxyl groups is 1. The summed E-state index contributed by atoms with van der Waals surface area (Å²) in [6.07, 6.45) is 3.21. The SMILES string of the molecule is COc1cc2cc(C(=O)N3C[C@@H](CCl)c4c3cc(O)c3[nH]c(C(=O)N5CCc6ccc(OCCN7CCCC7)cc65)cc43)[nH]c2c(OC)c1OC. The first kappa shape index (κ1) is 33.1. The maximum absolute atomic E-state index is 14.1. The minimum atomic E-state index is -0.308. The maximum Gasteiger partial charge on any atom is 0.274 e. The third-order valence-electron chi connectivity index (χ3n) is 10.4. The monoisotopic (exact) mass is 713 g/mol. The topological polar surface area (TPSA) is 133 Å². The molecule has 5 heterocycles. The number of alkyl halides is 1. The minimum Gasteiger partial charge on any atom is -0.506 e. The van der Waals surface area contributed by atoms with E-state index in [2.05, 4.69) is 14.9 Å². The quantitative estimate of drug-likeness (QED) is 0.149. The average Bonchev–Trinajstić information content (AvgIpc) is 3.99. The van der Waals surface area contributed by atoms with E-state index in [1.807, 2.05) is 18.2 Å². The van der Waals surface area contributed by atoms with Gasteiger partial charge in [0, 0.05) is 54.3 Å². The van der Waals surface area contributed by atoms with Crippen molar-refractivity contribution in [1.29, 1.82) is 0 Å². The number of fused-ring (bicyclic) bond motifs is 5. The van der Waals surface area contributed by atoms with Crippen LogP contribution in [-0.2, 0) is 6.42 Å². The number of halogens is 1. The van der Waals surface area contributed by atoms with Gasteiger partial charge in [-0.25, -0.2) is 0 Å². The van der Waals surface area contributed by atoms with E-state index >= 15 is 0 Å². The van der Waals surface area contributed by atoms with Crippen molar-refractivity contribution in [1.82, 2.24) is 14.9 Å². The molecule has 0 saturated carbocycles. The smallest absolute Gasteiger partial charge is 0.274 e. The number of hydrogen-bond donors (Lipinski definition) is 3. The molecule has 1 fully saturated rings. The number of H-pyrrole nitrogens is 2. The number of benzene rings is 3. The van der Waals surface area contributed by atoms with Crippen LogP contribution in [0.15, 0.2) is 42.5 Å². The summed E-state index contributed by atoms with van der Waals surface area (Å²) in [4.78, 5) is 40.4. The molecule has 5 aromatic rings. The molecule has 1 atom stereocenters. The Labute approximate surface area is 299 Å². The van der Waals surface area contributed by atoms with E-state index in [-0.39, 0.29) is 29.4 Å². The number of nitrogens with zero attached hydrogens (tertiary/aromatic N) is 3. The first-order valence-corrected chi connectivity index (χ1v) is 17.7. The molecule has 2 aromatic heterocycles. The normalized spacial score (nSPS) is 17.0. The van der Waals surface area contributed by atoms with Gasteiger partial charge in [0.05, 0.1) is 43.7 Å². The Morgan fingerprint density at radius 3 is 2.35 bits per heavy atom. The molecular formula is C38H40ClN5O7. The fraction of sp³-hybridized carbons (Fsp3) is 0.368. The molecule has 0 spiro atoms. The summed E-state index contributed by atoms with van der Waals surface area (Å²) in [5, 5.41) is 12.6. The number of aromatic amines is 2. The summed E-state index contributed by atoms with van der Waals surface area (Å²) in [5.74, 6) is 1.44. The van der Waals surface area contributed by atoms with Gasteiger partial charge in [0.2, 0.25) is 5.75 Å². The van der Waals surface area contributed by atoms with Gasteiger partial charge < -0.3 is 43.8 Å². The molecule has 0 bridgehead atoms. The van der Waals surface area contributed by atoms with Gasteiger partial charge in [-0.15, -0.1) is 11.6 Å². The Kier molecular flexibility index (Phi) is 8.59. The number of nitrogens with one attached hydrogen (secondary N) is 2. The van der Waals surface area contributed by atoms with Gasteiger partial charge in [-0.2, -0.15) is 0 Å². The number of likely N-dealkylation sites (tertiary alicyclic amines) is 1. The van der Waals surface area contributed by atoms with Gasteiger partial charge in [0.15, 0.2) is 11.5 Å². The number of phenolic OH excluding ortho intramolecular Hbond substituents is 1. The third kappa shape index (κ3) is 5.57. The van der Waals surface area contributed by atoms with Crippen molar-refractivity contribution < 1.29 is 33.6 Å². The Hall–Kier alpha value is -5.07. The molecule has 266 valence electrons. The highest BCUT2D eigenvalue weighted by Crippen LogP contribution is 2.47. The van der Waals surface area contributed by atoms with Crippen molar-refractivity contribution in [3.8, 4) is 28.7 Å². The van der Waals surface area contributed by atoms with Crippen molar-refractivity contribution in [2.45, 2.75) is 25.2 Å². The molecule has 0 radical (unpaired) electrons. The van der Waals surface area contributed by atoms with Crippen molar-refractivity contribution in [2.75, 3.05) is 76.3 Å². The van der Waals surface area contributed by atoms with Crippen LogP contribution in [0.4, 0.5) is 11.4 Å². The molecule has 8 rings (SSSR count). The van der Waals surface area contributed by atoms with E-state index in [1.54, 1.807) is 34.1 Å². The summed E-state index contributed by atoms with van der Waals surface area (Å²) in [6.45, 7) is 4.54. The Bertz CT molecular complexity index is 2170. The second kappa shape index (κ2) is 13.2. The van der Waals surface area contributed by atoms with Crippen LogP contribution < -0.4 is 28.7 Å². The highest BCUT2D eigenvalue weighted by molar-refractivity contribution is 6.20. The number of methoxy groups -OCH3 is 3. The van der Waals surface area contributed by atoms with Gasteiger partial charge in [-0.3, -0.25) is 14.5 Å². The Morgan fingerprint density at radius 1 is 0.863 bits per heavy atom. The van der Waals surface area contributed by atoms with E-state index in [4.69, 9.17) is 30.5 Å². The summed E-state index contributed by atoms with van der Waals surface area (Å²) in [7, 11) is 4.58. The van der Waals surface area contributed by atoms with Crippen LogP contribution in [0.3, 0.4) is 0 Å². The largest absolute Gasteiger partial charge is 0.506 e. The molecule has 51 heavy (non-hydrogen) atoms. The summed E-state index contributed by atoms with van der Waals surface area (Å²) < 4.78 is 22.7. The molecule has 0 aliphatic carbocycles. The van der Waals surface area contributed by atoms with E-state index in [0.29, 0.717) is 75.8 Å². The Balaban J connectivity index is 1.09. The van der Waals surface area contributed by atoms with Gasteiger partial charge in [-0.05, 0) is 67.7 Å². The minimum absolute atomic E-state index is 0.0703. The lowest BCUT2D eigenvalue weighted by molar-refractivity contribution is 0.0977. The fourth-order valence-corrected chi connectivity index (χ4v) is 8.14. The van der Waals surface area contributed by atoms with Crippen molar-refractivity contribution in [3.05, 3.63) is 65.0 Å². The van der Waals surface area contributed by atoms with Crippen LogP contribution in [0.25, 0.3) is 21.8 Å². The molecule has 13 heteroatoms. The molecule has 3 aliphatic rings. The van der Waals surface area contributed by atoms with E-state index in [1.165, 1.54) is 34.2 Å². The van der Waals surface area contributed by atoms with Crippen LogP contribution in [0.1, 0.15) is 50.9 Å². The van der Waals surface area contributed by atoms with Crippen LogP contribution in [0.2, 0.25) is 0 Å². The van der Waals surface area contributed by atoms with Gasteiger partial charge in [-0.1, -0.05) is 6.07 Å². The van der Waals surface area contributed by atoms with E-state index < -0.39 is 0 Å². The summed E-state index contributed by atoms with van der Waals surface area (Å²) in [6, 6.07) is 12.8. The van der Waals surface area contributed by atoms with Crippen molar-refractivity contribution in [2.24, 2.45) is 0 Å². The molecule has 3 aliphatic heterocycles. The predicted molar refractivity (Wildman–Crippen MR) is 196 cm³/mol. The van der Waals surface area contributed by atoms with Crippen LogP contribution >= 0.6 is 11.6 Å². The lowest BCUT2D eigenvalue weighted by Crippen LogP contribution is -2.30. The van der Waals surface area contributed by atoms with E-state index in [9.17, 15) is 14.7 Å². The van der Waals surface area contributed by atoms with E-state index in [0.717, 1.165) is 48.6 Å². The number of anilines is 2. The second-order valence-electron chi connectivity index (χ2n) is 13.3. The zero-order valence-corrected chi connectivity index (χ0v) is 29.6. The summed E-state index contributed by atoms with van der Waals surface area (Å²) in [5.41, 5.74) is 4.91. The number of carbonyl (C=O) groups is 2. The highest BCUT2D eigenvalue weighted by Gasteiger charge is 2.37. The summed E-state index contributed by atoms with van der Waals surface area (Å²) >= 11 is 6.53. The third-order valence-corrected chi connectivity index (χ3v) is 10.8. The molecule has 3 N–H and O–H groups in total.